The van der Waals surface area contributed by atoms with Crippen LogP contribution in [0.15, 0.2) is 47.6 Å². The number of halogens is 1. The Morgan fingerprint density at radius 3 is 2.57 bits per heavy atom. The molecular weight excluding hydrogens is 422 g/mol. The van der Waals surface area contributed by atoms with E-state index in [-0.39, 0.29) is 0 Å². The quantitative estimate of drug-likeness (QED) is 0.578. The van der Waals surface area contributed by atoms with Gasteiger partial charge in [-0.15, -0.1) is 10.2 Å². The minimum absolute atomic E-state index is 0.422. The first kappa shape index (κ1) is 21.9. The molecule has 0 saturated heterocycles. The molecule has 1 unspecified atom stereocenters. The molecule has 0 spiro atoms. The molecule has 0 aliphatic carbocycles. The SMILES string of the molecule is CNC(=O)NC(=O)C(C)Sc1nnc(-c2ccccc2Cl)n1-c1cc(C)ccc1C. The fraction of sp³-hybridized carbons (Fsp3) is 0.238. The molecule has 3 amide bonds. The summed E-state index contributed by atoms with van der Waals surface area (Å²) in [6.45, 7) is 5.72. The highest BCUT2D eigenvalue weighted by atomic mass is 35.5. The van der Waals surface area contributed by atoms with E-state index in [9.17, 15) is 9.59 Å². The minimum Gasteiger partial charge on any atom is -0.341 e. The molecule has 1 atom stereocenters. The average molecular weight is 444 g/mol. The van der Waals surface area contributed by atoms with Crippen LogP contribution in [0.2, 0.25) is 5.02 Å². The second-order valence-corrected chi connectivity index (χ2v) is 8.45. The molecule has 3 aromatic rings. The fourth-order valence-corrected chi connectivity index (χ4v) is 3.91. The molecule has 1 heterocycles. The van der Waals surface area contributed by atoms with Gasteiger partial charge in [0.05, 0.1) is 16.0 Å². The summed E-state index contributed by atoms with van der Waals surface area (Å²) in [5.41, 5.74) is 3.74. The molecular formula is C21H22ClN5O2S. The molecule has 2 N–H and O–H groups in total. The smallest absolute Gasteiger partial charge is 0.321 e. The van der Waals surface area contributed by atoms with Gasteiger partial charge in [-0.05, 0) is 50.1 Å². The number of rotatable bonds is 5. The molecule has 2 aromatic carbocycles. The van der Waals surface area contributed by atoms with E-state index in [1.165, 1.54) is 18.8 Å². The number of nitrogens with zero attached hydrogens (tertiary/aromatic N) is 3. The van der Waals surface area contributed by atoms with Crippen LogP contribution in [0.1, 0.15) is 18.1 Å². The number of urea groups is 1. The zero-order valence-corrected chi connectivity index (χ0v) is 18.6. The third kappa shape index (κ3) is 4.66. The summed E-state index contributed by atoms with van der Waals surface area (Å²) < 4.78 is 1.90. The predicted octanol–water partition coefficient (Wildman–Crippen LogP) is 4.14. The lowest BCUT2D eigenvalue weighted by Crippen LogP contribution is -2.41. The summed E-state index contributed by atoms with van der Waals surface area (Å²) in [6.07, 6.45) is 0. The Morgan fingerprint density at radius 1 is 1.13 bits per heavy atom. The van der Waals surface area contributed by atoms with Crippen molar-refractivity contribution in [2.45, 2.75) is 31.2 Å². The zero-order chi connectivity index (χ0) is 21.8. The lowest BCUT2D eigenvalue weighted by molar-refractivity contribution is -0.119. The number of amides is 3. The van der Waals surface area contributed by atoms with Crippen LogP contribution in [0.25, 0.3) is 17.1 Å². The van der Waals surface area contributed by atoms with Crippen molar-refractivity contribution in [2.75, 3.05) is 7.05 Å². The summed E-state index contributed by atoms with van der Waals surface area (Å²) in [5.74, 6) is 0.157. The molecule has 7 nitrogen and oxygen atoms in total. The number of nitrogens with one attached hydrogen (secondary N) is 2. The van der Waals surface area contributed by atoms with Crippen molar-refractivity contribution in [3.05, 3.63) is 58.6 Å². The van der Waals surface area contributed by atoms with E-state index in [2.05, 4.69) is 20.8 Å². The van der Waals surface area contributed by atoms with Crippen LogP contribution in [0.4, 0.5) is 4.79 Å². The lowest BCUT2D eigenvalue weighted by Gasteiger charge is -2.16. The van der Waals surface area contributed by atoms with E-state index >= 15 is 0 Å². The summed E-state index contributed by atoms with van der Waals surface area (Å²) >= 11 is 7.65. The van der Waals surface area contributed by atoms with Gasteiger partial charge in [0, 0.05) is 12.6 Å². The Kier molecular flexibility index (Phi) is 6.79. The van der Waals surface area contributed by atoms with Gasteiger partial charge in [-0.25, -0.2) is 4.79 Å². The second kappa shape index (κ2) is 9.32. The first-order valence-electron chi connectivity index (χ1n) is 9.29. The summed E-state index contributed by atoms with van der Waals surface area (Å²) in [4.78, 5) is 23.8. The van der Waals surface area contributed by atoms with Crippen molar-refractivity contribution >= 4 is 35.3 Å². The van der Waals surface area contributed by atoms with Gasteiger partial charge >= 0.3 is 6.03 Å². The molecule has 9 heteroatoms. The van der Waals surface area contributed by atoms with Crippen LogP contribution in [0.3, 0.4) is 0 Å². The Labute approximate surface area is 184 Å². The van der Waals surface area contributed by atoms with Crippen molar-refractivity contribution in [1.29, 1.82) is 0 Å². The number of thioether (sulfide) groups is 1. The van der Waals surface area contributed by atoms with Crippen LogP contribution in [0.5, 0.6) is 0 Å². The van der Waals surface area contributed by atoms with Crippen molar-refractivity contribution < 1.29 is 9.59 Å². The van der Waals surface area contributed by atoms with E-state index < -0.39 is 17.2 Å². The lowest BCUT2D eigenvalue weighted by atomic mass is 10.1. The molecule has 156 valence electrons. The highest BCUT2D eigenvalue weighted by Gasteiger charge is 2.24. The molecule has 0 aliphatic rings. The maximum atomic E-state index is 12.3. The third-order valence-corrected chi connectivity index (χ3v) is 5.84. The summed E-state index contributed by atoms with van der Waals surface area (Å²) in [5, 5.41) is 13.9. The van der Waals surface area contributed by atoms with Crippen LogP contribution >= 0.6 is 23.4 Å². The third-order valence-electron chi connectivity index (χ3n) is 4.47. The van der Waals surface area contributed by atoms with Gasteiger partial charge < -0.3 is 5.32 Å². The average Bonchev–Trinajstić information content (AvgIpc) is 3.12. The highest BCUT2D eigenvalue weighted by molar-refractivity contribution is 8.00. The predicted molar refractivity (Wildman–Crippen MR) is 119 cm³/mol. The van der Waals surface area contributed by atoms with Gasteiger partial charge in [0.15, 0.2) is 11.0 Å². The monoisotopic (exact) mass is 443 g/mol. The molecule has 3 rings (SSSR count). The standard InChI is InChI=1S/C21H22ClN5O2S/c1-12-9-10-13(2)17(11-12)27-18(15-7-5-6-8-16(15)22)25-26-21(27)30-14(3)19(28)24-20(29)23-4/h5-11,14H,1-4H3,(H2,23,24,28,29). The van der Waals surface area contributed by atoms with Gasteiger partial charge in [-0.2, -0.15) is 0 Å². The van der Waals surface area contributed by atoms with E-state index in [0.717, 1.165) is 22.4 Å². The molecule has 0 bridgehead atoms. The highest BCUT2D eigenvalue weighted by Crippen LogP contribution is 2.34. The Balaban J connectivity index is 2.08. The molecule has 30 heavy (non-hydrogen) atoms. The van der Waals surface area contributed by atoms with E-state index in [1.807, 2.05) is 54.8 Å². The van der Waals surface area contributed by atoms with Gasteiger partial charge in [-0.1, -0.05) is 47.6 Å². The number of aryl methyl sites for hydroxylation is 2. The Bertz CT molecular complexity index is 1100. The van der Waals surface area contributed by atoms with Crippen LogP contribution in [-0.2, 0) is 4.79 Å². The number of carbonyl (C=O) groups is 2. The normalized spacial score (nSPS) is 11.8. The molecule has 1 aromatic heterocycles. The summed E-state index contributed by atoms with van der Waals surface area (Å²) in [7, 11) is 1.45. The fourth-order valence-electron chi connectivity index (χ4n) is 2.83. The minimum atomic E-state index is -0.575. The van der Waals surface area contributed by atoms with Crippen molar-refractivity contribution in [2.24, 2.45) is 0 Å². The first-order chi connectivity index (χ1) is 14.3. The summed E-state index contributed by atoms with van der Waals surface area (Å²) in [6, 6.07) is 13.0. The van der Waals surface area contributed by atoms with E-state index in [0.29, 0.717) is 16.0 Å². The van der Waals surface area contributed by atoms with Crippen LogP contribution < -0.4 is 10.6 Å². The largest absolute Gasteiger partial charge is 0.341 e. The number of hydrogen-bond acceptors (Lipinski definition) is 5. The Hall–Kier alpha value is -2.84. The van der Waals surface area contributed by atoms with E-state index in [1.54, 1.807) is 13.0 Å². The number of carbonyl (C=O) groups excluding carboxylic acids is 2. The maximum absolute atomic E-state index is 12.3. The van der Waals surface area contributed by atoms with Crippen LogP contribution in [-0.4, -0.2) is 39.0 Å². The van der Waals surface area contributed by atoms with Crippen molar-refractivity contribution in [1.82, 2.24) is 25.4 Å². The van der Waals surface area contributed by atoms with Crippen LogP contribution in [0, 0.1) is 13.8 Å². The zero-order valence-electron chi connectivity index (χ0n) is 17.1. The van der Waals surface area contributed by atoms with Gasteiger partial charge in [0.25, 0.3) is 0 Å². The molecule has 0 radical (unpaired) electrons. The molecule has 0 aliphatic heterocycles. The maximum Gasteiger partial charge on any atom is 0.321 e. The van der Waals surface area contributed by atoms with Gasteiger partial charge in [0.2, 0.25) is 5.91 Å². The first-order valence-corrected chi connectivity index (χ1v) is 10.5. The van der Waals surface area contributed by atoms with E-state index in [4.69, 9.17) is 11.6 Å². The topological polar surface area (TPSA) is 88.9 Å². The number of aromatic nitrogens is 3. The Morgan fingerprint density at radius 2 is 1.87 bits per heavy atom. The number of imide groups is 1. The van der Waals surface area contributed by atoms with Gasteiger partial charge in [0.1, 0.15) is 0 Å². The van der Waals surface area contributed by atoms with Crippen molar-refractivity contribution in [3.63, 3.8) is 0 Å². The van der Waals surface area contributed by atoms with Gasteiger partial charge in [-0.3, -0.25) is 14.7 Å². The van der Waals surface area contributed by atoms with Crippen molar-refractivity contribution in [3.8, 4) is 17.1 Å². The molecule has 0 fully saturated rings. The number of benzene rings is 2. The molecule has 0 saturated carbocycles. The second-order valence-electron chi connectivity index (χ2n) is 6.74. The number of hydrogen-bond donors (Lipinski definition) is 2.